The summed E-state index contributed by atoms with van der Waals surface area (Å²) in [4.78, 5) is 14.3. The summed E-state index contributed by atoms with van der Waals surface area (Å²) in [5.74, 6) is 1.27. The number of aryl methyl sites for hydroxylation is 1. The average molecular weight is 358 g/mol. The minimum atomic E-state index is -0.0842. The predicted molar refractivity (Wildman–Crippen MR) is 103 cm³/mol. The lowest BCUT2D eigenvalue weighted by molar-refractivity contribution is 0.508. The Bertz CT molecular complexity index is 1180. The van der Waals surface area contributed by atoms with Gasteiger partial charge in [-0.05, 0) is 60.5 Å². The molecule has 0 saturated heterocycles. The molecule has 1 aliphatic rings. The van der Waals surface area contributed by atoms with Gasteiger partial charge in [0.15, 0.2) is 0 Å². The third-order valence-corrected chi connectivity index (χ3v) is 5.03. The fourth-order valence-corrected chi connectivity index (χ4v) is 3.44. The van der Waals surface area contributed by atoms with Crippen molar-refractivity contribution in [2.45, 2.75) is 25.2 Å². The molecule has 0 spiro atoms. The normalized spacial score (nSPS) is 18.6. The van der Waals surface area contributed by atoms with E-state index in [2.05, 4.69) is 32.6 Å². The number of nitrogens with one attached hydrogen (secondary N) is 2. The maximum atomic E-state index is 11.4. The second-order valence-electron chi connectivity index (χ2n) is 7.05. The van der Waals surface area contributed by atoms with Crippen molar-refractivity contribution in [2.75, 3.05) is 5.32 Å². The molecule has 0 aliphatic heterocycles. The Kier molecular flexibility index (Phi) is 3.57. The van der Waals surface area contributed by atoms with E-state index < -0.39 is 0 Å². The Morgan fingerprint density at radius 1 is 1.04 bits per heavy atom. The predicted octanol–water partition coefficient (Wildman–Crippen LogP) is 4.23. The van der Waals surface area contributed by atoms with Crippen LogP contribution >= 0.6 is 0 Å². The number of anilines is 2. The van der Waals surface area contributed by atoms with Crippen LogP contribution < -0.4 is 10.9 Å². The van der Waals surface area contributed by atoms with E-state index >= 15 is 0 Å². The van der Waals surface area contributed by atoms with Crippen molar-refractivity contribution in [2.24, 2.45) is 0 Å². The topological polar surface area (TPSA) is 83.8 Å². The highest BCUT2D eigenvalue weighted by Gasteiger charge is 2.43. The largest absolute Gasteiger partial charge is 0.408 e. The molecular weight excluding hydrogens is 340 g/mol. The highest BCUT2D eigenvalue weighted by Crippen LogP contribution is 2.54. The first-order chi connectivity index (χ1) is 13.2. The van der Waals surface area contributed by atoms with Crippen LogP contribution in [0.2, 0.25) is 0 Å². The van der Waals surface area contributed by atoms with Crippen molar-refractivity contribution in [1.29, 1.82) is 0 Å². The van der Waals surface area contributed by atoms with Gasteiger partial charge in [0, 0.05) is 23.2 Å². The van der Waals surface area contributed by atoms with Crippen LogP contribution in [0.5, 0.6) is 0 Å². The standard InChI is InChI=1S/C21H18N4O2/c1-12-2-6-15(7-3-12)22-21-25-24-20(27-21)17-11-16(17)13-4-8-18-14(10-13)5-9-19(26)23-18/h2-10,16-17H,11H2,1H3,(H,22,25)(H,23,26). The second-order valence-corrected chi connectivity index (χ2v) is 7.05. The van der Waals surface area contributed by atoms with Crippen LogP contribution in [0.4, 0.5) is 11.7 Å². The monoisotopic (exact) mass is 358 g/mol. The summed E-state index contributed by atoms with van der Waals surface area (Å²) in [6, 6.07) is 18.0. The Labute approximate surface area is 155 Å². The zero-order chi connectivity index (χ0) is 18.4. The first kappa shape index (κ1) is 15.8. The van der Waals surface area contributed by atoms with Crippen molar-refractivity contribution in [3.8, 4) is 0 Å². The number of hydrogen-bond acceptors (Lipinski definition) is 5. The third-order valence-electron chi connectivity index (χ3n) is 5.03. The van der Waals surface area contributed by atoms with Gasteiger partial charge in [0.05, 0.1) is 0 Å². The molecule has 2 atom stereocenters. The maximum absolute atomic E-state index is 11.4. The van der Waals surface area contributed by atoms with Crippen molar-refractivity contribution >= 4 is 22.6 Å². The van der Waals surface area contributed by atoms with E-state index in [1.54, 1.807) is 6.07 Å². The van der Waals surface area contributed by atoms with E-state index in [4.69, 9.17) is 4.42 Å². The molecule has 5 rings (SSSR count). The molecular formula is C21H18N4O2. The van der Waals surface area contributed by atoms with Gasteiger partial charge in [-0.1, -0.05) is 28.9 Å². The Morgan fingerprint density at radius 2 is 1.89 bits per heavy atom. The number of pyridine rings is 1. The van der Waals surface area contributed by atoms with Gasteiger partial charge in [0.2, 0.25) is 11.4 Å². The van der Waals surface area contributed by atoms with Crippen LogP contribution in [0, 0.1) is 6.92 Å². The summed E-state index contributed by atoms with van der Waals surface area (Å²) in [5.41, 5.74) is 4.12. The van der Waals surface area contributed by atoms with Crippen molar-refractivity contribution in [1.82, 2.24) is 15.2 Å². The molecule has 4 aromatic rings. The van der Waals surface area contributed by atoms with Crippen molar-refractivity contribution in [3.63, 3.8) is 0 Å². The van der Waals surface area contributed by atoms with E-state index in [9.17, 15) is 4.79 Å². The summed E-state index contributed by atoms with van der Waals surface area (Å²) in [7, 11) is 0. The van der Waals surface area contributed by atoms with E-state index in [1.807, 2.05) is 43.3 Å². The summed E-state index contributed by atoms with van der Waals surface area (Å²) in [6.45, 7) is 2.05. The maximum Gasteiger partial charge on any atom is 0.320 e. The minimum absolute atomic E-state index is 0.0842. The van der Waals surface area contributed by atoms with Gasteiger partial charge in [-0.2, -0.15) is 0 Å². The Hall–Kier alpha value is -3.41. The molecule has 2 unspecified atom stereocenters. The molecule has 1 aliphatic carbocycles. The molecule has 6 heteroatoms. The number of hydrogen-bond donors (Lipinski definition) is 2. The van der Waals surface area contributed by atoms with E-state index in [1.165, 1.54) is 11.1 Å². The van der Waals surface area contributed by atoms with Gasteiger partial charge in [0.1, 0.15) is 0 Å². The number of nitrogens with zero attached hydrogens (tertiary/aromatic N) is 2. The quantitative estimate of drug-likeness (QED) is 0.570. The lowest BCUT2D eigenvalue weighted by Gasteiger charge is -2.02. The first-order valence-corrected chi connectivity index (χ1v) is 8.96. The van der Waals surface area contributed by atoms with E-state index in [0.717, 1.165) is 23.0 Å². The van der Waals surface area contributed by atoms with Crippen LogP contribution in [0.25, 0.3) is 10.9 Å². The van der Waals surface area contributed by atoms with Gasteiger partial charge in [-0.3, -0.25) is 4.79 Å². The first-order valence-electron chi connectivity index (χ1n) is 8.96. The fraction of sp³-hybridized carbons (Fsp3) is 0.190. The molecule has 6 nitrogen and oxygen atoms in total. The second kappa shape index (κ2) is 6.09. The smallest absolute Gasteiger partial charge is 0.320 e. The van der Waals surface area contributed by atoms with Crippen LogP contribution in [0.3, 0.4) is 0 Å². The Morgan fingerprint density at radius 3 is 2.74 bits per heavy atom. The number of aromatic nitrogens is 3. The molecule has 1 fully saturated rings. The summed E-state index contributed by atoms with van der Waals surface area (Å²) in [5, 5.41) is 12.5. The number of H-pyrrole nitrogens is 1. The van der Waals surface area contributed by atoms with E-state index in [-0.39, 0.29) is 11.5 Å². The van der Waals surface area contributed by atoms with Gasteiger partial charge < -0.3 is 14.7 Å². The lowest BCUT2D eigenvalue weighted by atomic mass is 10.1. The van der Waals surface area contributed by atoms with Crippen LogP contribution in [-0.2, 0) is 0 Å². The van der Waals surface area contributed by atoms with Crippen LogP contribution in [0.15, 0.2) is 63.8 Å². The number of aromatic amines is 1. The number of rotatable bonds is 4. The van der Waals surface area contributed by atoms with E-state index in [0.29, 0.717) is 17.8 Å². The molecule has 0 amide bonds. The SMILES string of the molecule is Cc1ccc(Nc2nnc(C3CC3c3ccc4[nH]c(=O)ccc4c3)o2)cc1. The third kappa shape index (κ3) is 3.10. The molecule has 134 valence electrons. The molecule has 2 aromatic carbocycles. The zero-order valence-corrected chi connectivity index (χ0v) is 14.8. The van der Waals surface area contributed by atoms with Crippen LogP contribution in [-0.4, -0.2) is 15.2 Å². The molecule has 27 heavy (non-hydrogen) atoms. The summed E-state index contributed by atoms with van der Waals surface area (Å²) >= 11 is 0. The molecule has 1 saturated carbocycles. The number of fused-ring (bicyclic) bond motifs is 1. The zero-order valence-electron chi connectivity index (χ0n) is 14.8. The minimum Gasteiger partial charge on any atom is -0.408 e. The fourth-order valence-electron chi connectivity index (χ4n) is 3.44. The van der Waals surface area contributed by atoms with Gasteiger partial charge >= 0.3 is 6.01 Å². The summed E-state index contributed by atoms with van der Waals surface area (Å²) in [6.07, 6.45) is 0.987. The molecule has 2 heterocycles. The number of benzene rings is 2. The highest BCUT2D eigenvalue weighted by molar-refractivity contribution is 5.79. The molecule has 2 aromatic heterocycles. The van der Waals surface area contributed by atoms with Gasteiger partial charge in [0.25, 0.3) is 0 Å². The van der Waals surface area contributed by atoms with Gasteiger partial charge in [-0.15, -0.1) is 5.10 Å². The molecule has 2 N–H and O–H groups in total. The highest BCUT2D eigenvalue weighted by atomic mass is 16.4. The lowest BCUT2D eigenvalue weighted by Crippen LogP contribution is -2.02. The van der Waals surface area contributed by atoms with Crippen molar-refractivity contribution in [3.05, 3.63) is 82.0 Å². The molecule has 0 radical (unpaired) electrons. The Balaban J connectivity index is 1.33. The van der Waals surface area contributed by atoms with Crippen LogP contribution in [0.1, 0.15) is 35.3 Å². The van der Waals surface area contributed by atoms with Crippen molar-refractivity contribution < 1.29 is 4.42 Å². The molecule has 0 bridgehead atoms. The summed E-state index contributed by atoms with van der Waals surface area (Å²) < 4.78 is 5.82. The average Bonchev–Trinajstić information content (AvgIpc) is 3.34. The van der Waals surface area contributed by atoms with Gasteiger partial charge in [-0.25, -0.2) is 0 Å².